The fourth-order valence-electron chi connectivity index (χ4n) is 1.86. The summed E-state index contributed by atoms with van der Waals surface area (Å²) in [6.45, 7) is 2.04. The lowest BCUT2D eigenvalue weighted by Gasteiger charge is -2.17. The Morgan fingerprint density at radius 2 is 1.74 bits per heavy atom. The highest BCUT2D eigenvalue weighted by molar-refractivity contribution is 6.33. The third-order valence-electron chi connectivity index (χ3n) is 2.90. The van der Waals surface area contributed by atoms with Gasteiger partial charge in [-0.2, -0.15) is 0 Å². The molecule has 0 bridgehead atoms. The molecular formula is C15H15Cl2NO. The topological polar surface area (TPSA) is 21.3 Å². The van der Waals surface area contributed by atoms with E-state index in [9.17, 15) is 0 Å². The van der Waals surface area contributed by atoms with Crippen molar-refractivity contribution < 1.29 is 4.74 Å². The molecule has 2 nitrogen and oxygen atoms in total. The molecule has 2 rings (SSSR count). The Kier molecular flexibility index (Phi) is 4.56. The van der Waals surface area contributed by atoms with E-state index in [0.717, 1.165) is 17.0 Å². The predicted octanol–water partition coefficient (Wildman–Crippen LogP) is 5.18. The Balaban J connectivity index is 2.15. The van der Waals surface area contributed by atoms with E-state index < -0.39 is 0 Å². The highest BCUT2D eigenvalue weighted by Gasteiger charge is 2.10. The normalized spacial score (nSPS) is 12.0. The smallest absolute Gasteiger partial charge is 0.119 e. The zero-order valence-corrected chi connectivity index (χ0v) is 12.3. The zero-order valence-electron chi connectivity index (χ0n) is 10.8. The molecule has 0 aromatic heterocycles. The molecule has 0 heterocycles. The predicted molar refractivity (Wildman–Crippen MR) is 81.5 cm³/mol. The number of anilines is 1. The summed E-state index contributed by atoms with van der Waals surface area (Å²) in [7, 11) is 1.65. The van der Waals surface area contributed by atoms with Crippen molar-refractivity contribution in [1.29, 1.82) is 0 Å². The second kappa shape index (κ2) is 6.18. The van der Waals surface area contributed by atoms with Gasteiger partial charge in [-0.05, 0) is 55.0 Å². The zero-order chi connectivity index (χ0) is 13.8. The number of methoxy groups -OCH3 is 1. The van der Waals surface area contributed by atoms with E-state index in [-0.39, 0.29) is 6.04 Å². The average molecular weight is 296 g/mol. The minimum Gasteiger partial charge on any atom is -0.497 e. The minimum absolute atomic E-state index is 0.0691. The van der Waals surface area contributed by atoms with Gasteiger partial charge in [0.2, 0.25) is 0 Å². The SMILES string of the molecule is COc1ccc(NC(C)c2cc(Cl)ccc2Cl)cc1. The van der Waals surface area contributed by atoms with Gasteiger partial charge < -0.3 is 10.1 Å². The van der Waals surface area contributed by atoms with Crippen molar-refractivity contribution in [2.75, 3.05) is 12.4 Å². The van der Waals surface area contributed by atoms with Gasteiger partial charge in [-0.15, -0.1) is 0 Å². The molecule has 0 radical (unpaired) electrons. The van der Waals surface area contributed by atoms with Gasteiger partial charge in [0, 0.05) is 15.7 Å². The van der Waals surface area contributed by atoms with E-state index in [1.807, 2.05) is 43.3 Å². The number of rotatable bonds is 4. The molecule has 2 aromatic rings. The molecule has 0 aliphatic rings. The van der Waals surface area contributed by atoms with Gasteiger partial charge in [0.15, 0.2) is 0 Å². The number of hydrogen-bond donors (Lipinski definition) is 1. The standard InChI is InChI=1S/C15H15Cl2NO/c1-10(14-9-11(16)3-8-15(14)17)18-12-4-6-13(19-2)7-5-12/h3-10,18H,1-2H3. The number of ether oxygens (including phenoxy) is 1. The van der Waals surface area contributed by atoms with Crippen LogP contribution in [0.2, 0.25) is 10.0 Å². The van der Waals surface area contributed by atoms with Crippen molar-refractivity contribution in [2.24, 2.45) is 0 Å². The molecular weight excluding hydrogens is 281 g/mol. The molecule has 1 N–H and O–H groups in total. The van der Waals surface area contributed by atoms with Gasteiger partial charge in [0.1, 0.15) is 5.75 Å². The summed E-state index contributed by atoms with van der Waals surface area (Å²) in [6.07, 6.45) is 0. The van der Waals surface area contributed by atoms with Gasteiger partial charge in [-0.1, -0.05) is 23.2 Å². The third kappa shape index (κ3) is 3.55. The van der Waals surface area contributed by atoms with Crippen LogP contribution in [0.1, 0.15) is 18.5 Å². The van der Waals surface area contributed by atoms with Crippen LogP contribution in [-0.2, 0) is 0 Å². The molecule has 2 aromatic carbocycles. The van der Waals surface area contributed by atoms with E-state index in [0.29, 0.717) is 10.0 Å². The summed E-state index contributed by atoms with van der Waals surface area (Å²) < 4.78 is 5.13. The van der Waals surface area contributed by atoms with Crippen LogP contribution in [0.15, 0.2) is 42.5 Å². The van der Waals surface area contributed by atoms with Gasteiger partial charge in [-0.25, -0.2) is 0 Å². The summed E-state index contributed by atoms with van der Waals surface area (Å²) >= 11 is 12.2. The molecule has 4 heteroatoms. The van der Waals surface area contributed by atoms with Gasteiger partial charge in [0.05, 0.1) is 13.2 Å². The first-order chi connectivity index (χ1) is 9.10. The summed E-state index contributed by atoms with van der Waals surface area (Å²) in [5, 5.41) is 4.77. The van der Waals surface area contributed by atoms with Crippen LogP contribution in [0.5, 0.6) is 5.75 Å². The van der Waals surface area contributed by atoms with E-state index >= 15 is 0 Å². The Bertz CT molecular complexity index is 555. The number of benzene rings is 2. The van der Waals surface area contributed by atoms with E-state index in [1.165, 1.54) is 0 Å². The molecule has 1 unspecified atom stereocenters. The van der Waals surface area contributed by atoms with Crippen molar-refractivity contribution in [3.63, 3.8) is 0 Å². The molecule has 0 fully saturated rings. The summed E-state index contributed by atoms with van der Waals surface area (Å²) in [4.78, 5) is 0. The Hall–Kier alpha value is -1.38. The van der Waals surface area contributed by atoms with Crippen molar-refractivity contribution in [2.45, 2.75) is 13.0 Å². The molecule has 19 heavy (non-hydrogen) atoms. The molecule has 0 aliphatic carbocycles. The van der Waals surface area contributed by atoms with Crippen LogP contribution in [0.4, 0.5) is 5.69 Å². The lowest BCUT2D eigenvalue weighted by atomic mass is 10.1. The maximum absolute atomic E-state index is 6.19. The number of hydrogen-bond acceptors (Lipinski definition) is 2. The van der Waals surface area contributed by atoms with Crippen LogP contribution >= 0.6 is 23.2 Å². The maximum atomic E-state index is 6.19. The highest BCUT2D eigenvalue weighted by Crippen LogP contribution is 2.29. The molecule has 0 amide bonds. The molecule has 1 atom stereocenters. The van der Waals surface area contributed by atoms with Crippen LogP contribution < -0.4 is 10.1 Å². The third-order valence-corrected chi connectivity index (χ3v) is 3.48. The summed E-state index contributed by atoms with van der Waals surface area (Å²) in [5.74, 6) is 0.832. The minimum atomic E-state index is 0.0691. The first kappa shape index (κ1) is 14.0. The molecule has 0 spiro atoms. The molecule has 0 aliphatic heterocycles. The summed E-state index contributed by atoms with van der Waals surface area (Å²) in [5.41, 5.74) is 1.98. The molecule has 100 valence electrons. The van der Waals surface area contributed by atoms with E-state index in [4.69, 9.17) is 27.9 Å². The van der Waals surface area contributed by atoms with Crippen LogP contribution in [0, 0.1) is 0 Å². The average Bonchev–Trinajstić information content (AvgIpc) is 2.42. The Morgan fingerprint density at radius 1 is 1.05 bits per heavy atom. The Morgan fingerprint density at radius 3 is 2.37 bits per heavy atom. The van der Waals surface area contributed by atoms with Crippen LogP contribution in [0.3, 0.4) is 0 Å². The van der Waals surface area contributed by atoms with Crippen LogP contribution in [-0.4, -0.2) is 7.11 Å². The van der Waals surface area contributed by atoms with Crippen molar-refractivity contribution in [1.82, 2.24) is 0 Å². The fourth-order valence-corrected chi connectivity index (χ4v) is 2.32. The molecule has 0 saturated heterocycles. The first-order valence-corrected chi connectivity index (χ1v) is 6.71. The van der Waals surface area contributed by atoms with Crippen molar-refractivity contribution in [3.8, 4) is 5.75 Å². The van der Waals surface area contributed by atoms with Crippen molar-refractivity contribution in [3.05, 3.63) is 58.1 Å². The lowest BCUT2D eigenvalue weighted by Crippen LogP contribution is -2.07. The van der Waals surface area contributed by atoms with Gasteiger partial charge in [-0.3, -0.25) is 0 Å². The van der Waals surface area contributed by atoms with E-state index in [1.54, 1.807) is 13.2 Å². The first-order valence-electron chi connectivity index (χ1n) is 5.95. The van der Waals surface area contributed by atoms with Gasteiger partial charge >= 0.3 is 0 Å². The van der Waals surface area contributed by atoms with E-state index in [2.05, 4.69) is 5.32 Å². The Labute approximate surface area is 123 Å². The van der Waals surface area contributed by atoms with Gasteiger partial charge in [0.25, 0.3) is 0 Å². The second-order valence-corrected chi connectivity index (χ2v) is 5.10. The number of halogens is 2. The molecule has 0 saturated carbocycles. The fraction of sp³-hybridized carbons (Fsp3) is 0.200. The highest BCUT2D eigenvalue weighted by atomic mass is 35.5. The number of nitrogens with one attached hydrogen (secondary N) is 1. The largest absolute Gasteiger partial charge is 0.497 e. The monoisotopic (exact) mass is 295 g/mol. The second-order valence-electron chi connectivity index (χ2n) is 4.26. The lowest BCUT2D eigenvalue weighted by molar-refractivity contribution is 0.415. The summed E-state index contributed by atoms with van der Waals surface area (Å²) in [6, 6.07) is 13.3. The van der Waals surface area contributed by atoms with Crippen molar-refractivity contribution >= 4 is 28.9 Å². The quantitative estimate of drug-likeness (QED) is 0.839. The maximum Gasteiger partial charge on any atom is 0.119 e. The van der Waals surface area contributed by atoms with Crippen LogP contribution in [0.25, 0.3) is 0 Å².